The van der Waals surface area contributed by atoms with E-state index in [9.17, 15) is 4.79 Å². The summed E-state index contributed by atoms with van der Waals surface area (Å²) in [5.41, 5.74) is 3.21. The van der Waals surface area contributed by atoms with Gasteiger partial charge in [0.2, 0.25) is 0 Å². The molecule has 5 heteroatoms. The predicted octanol–water partition coefficient (Wildman–Crippen LogP) is 3.98. The van der Waals surface area contributed by atoms with Crippen LogP contribution >= 0.6 is 0 Å². The van der Waals surface area contributed by atoms with Gasteiger partial charge in [-0.05, 0) is 42.6 Å². The monoisotopic (exact) mass is 328 g/mol. The molecule has 1 N–H and O–H groups in total. The van der Waals surface area contributed by atoms with E-state index in [1.165, 1.54) is 0 Å². The Morgan fingerprint density at radius 3 is 2.48 bits per heavy atom. The normalized spacial score (nSPS) is 10.8. The van der Waals surface area contributed by atoms with Crippen molar-refractivity contribution in [3.63, 3.8) is 0 Å². The van der Waals surface area contributed by atoms with Crippen molar-refractivity contribution < 1.29 is 4.79 Å². The van der Waals surface area contributed by atoms with Gasteiger partial charge in [-0.15, -0.1) is 5.10 Å². The standard InChI is InChI=1S/C20H16N4O/c1-14-13-21-23-24(14)17-11-9-16(10-12-17)20(25)22-19-8-4-6-15-5-2-3-7-18(15)19/h2-13H,1H3,(H,22,25). The average Bonchev–Trinajstić information content (AvgIpc) is 3.08. The fourth-order valence-electron chi connectivity index (χ4n) is 2.82. The van der Waals surface area contributed by atoms with Gasteiger partial charge in [0.25, 0.3) is 5.91 Å². The highest BCUT2D eigenvalue weighted by atomic mass is 16.1. The first-order valence-electron chi connectivity index (χ1n) is 7.99. The maximum atomic E-state index is 12.6. The van der Waals surface area contributed by atoms with Gasteiger partial charge in [0, 0.05) is 16.6 Å². The number of fused-ring (bicyclic) bond motifs is 1. The van der Waals surface area contributed by atoms with Gasteiger partial charge in [-0.1, -0.05) is 41.6 Å². The lowest BCUT2D eigenvalue weighted by Crippen LogP contribution is -2.12. The number of nitrogens with one attached hydrogen (secondary N) is 1. The van der Waals surface area contributed by atoms with Crippen LogP contribution in [0.25, 0.3) is 16.5 Å². The molecule has 0 spiro atoms. The van der Waals surface area contributed by atoms with Gasteiger partial charge in [0.05, 0.1) is 17.6 Å². The molecule has 122 valence electrons. The highest BCUT2D eigenvalue weighted by molar-refractivity contribution is 6.09. The van der Waals surface area contributed by atoms with Crippen LogP contribution in [0.5, 0.6) is 0 Å². The second kappa shape index (κ2) is 6.20. The van der Waals surface area contributed by atoms with E-state index in [1.807, 2.05) is 61.5 Å². The van der Waals surface area contributed by atoms with Crippen molar-refractivity contribution in [2.75, 3.05) is 5.32 Å². The molecule has 0 radical (unpaired) electrons. The maximum absolute atomic E-state index is 12.6. The van der Waals surface area contributed by atoms with E-state index in [0.29, 0.717) is 5.56 Å². The van der Waals surface area contributed by atoms with Gasteiger partial charge in [-0.25, -0.2) is 4.68 Å². The van der Waals surface area contributed by atoms with E-state index in [2.05, 4.69) is 15.6 Å². The lowest BCUT2D eigenvalue weighted by Gasteiger charge is -2.09. The zero-order valence-electron chi connectivity index (χ0n) is 13.7. The minimum atomic E-state index is -0.141. The lowest BCUT2D eigenvalue weighted by atomic mass is 10.1. The quantitative estimate of drug-likeness (QED) is 0.619. The number of hydrogen-bond donors (Lipinski definition) is 1. The first-order valence-corrected chi connectivity index (χ1v) is 7.99. The van der Waals surface area contributed by atoms with Crippen LogP contribution in [0.1, 0.15) is 16.1 Å². The molecule has 1 heterocycles. The van der Waals surface area contributed by atoms with Crippen LogP contribution in [0.3, 0.4) is 0 Å². The Labute approximate surface area is 144 Å². The molecule has 0 unspecified atom stereocenters. The van der Waals surface area contributed by atoms with Gasteiger partial charge in [-0.3, -0.25) is 4.79 Å². The molecular formula is C20H16N4O. The predicted molar refractivity (Wildman–Crippen MR) is 98.0 cm³/mol. The van der Waals surface area contributed by atoms with Crippen LogP contribution in [-0.4, -0.2) is 20.9 Å². The van der Waals surface area contributed by atoms with Crippen LogP contribution in [0.2, 0.25) is 0 Å². The largest absolute Gasteiger partial charge is 0.321 e. The molecule has 1 amide bonds. The lowest BCUT2D eigenvalue weighted by molar-refractivity contribution is 0.102. The zero-order valence-corrected chi connectivity index (χ0v) is 13.7. The number of carbonyl (C=O) groups is 1. The Balaban J connectivity index is 1.60. The fourth-order valence-corrected chi connectivity index (χ4v) is 2.82. The Bertz CT molecular complexity index is 1050. The summed E-state index contributed by atoms with van der Waals surface area (Å²) in [6.45, 7) is 1.93. The highest BCUT2D eigenvalue weighted by Crippen LogP contribution is 2.23. The van der Waals surface area contributed by atoms with Gasteiger partial charge in [0.15, 0.2) is 0 Å². The molecule has 4 aromatic rings. The highest BCUT2D eigenvalue weighted by Gasteiger charge is 2.09. The maximum Gasteiger partial charge on any atom is 0.255 e. The number of carbonyl (C=O) groups excluding carboxylic acids is 1. The summed E-state index contributed by atoms with van der Waals surface area (Å²) < 4.78 is 1.73. The van der Waals surface area contributed by atoms with Gasteiger partial charge in [-0.2, -0.15) is 0 Å². The molecule has 25 heavy (non-hydrogen) atoms. The molecule has 0 saturated heterocycles. The van der Waals surface area contributed by atoms with Crippen LogP contribution in [0.4, 0.5) is 5.69 Å². The van der Waals surface area contributed by atoms with Crippen molar-refractivity contribution in [1.29, 1.82) is 0 Å². The Hall–Kier alpha value is -3.47. The van der Waals surface area contributed by atoms with Crippen molar-refractivity contribution in [3.8, 4) is 5.69 Å². The molecule has 3 aromatic carbocycles. The van der Waals surface area contributed by atoms with Crippen LogP contribution in [-0.2, 0) is 0 Å². The molecule has 0 saturated carbocycles. The topological polar surface area (TPSA) is 59.8 Å². The smallest absolute Gasteiger partial charge is 0.255 e. The van der Waals surface area contributed by atoms with E-state index in [1.54, 1.807) is 23.0 Å². The second-order valence-corrected chi connectivity index (χ2v) is 5.81. The number of amides is 1. The molecule has 0 bridgehead atoms. The third-order valence-corrected chi connectivity index (χ3v) is 4.13. The van der Waals surface area contributed by atoms with E-state index in [4.69, 9.17) is 0 Å². The number of aromatic nitrogens is 3. The molecule has 0 aliphatic heterocycles. The molecule has 0 fully saturated rings. The fraction of sp³-hybridized carbons (Fsp3) is 0.0500. The molecule has 0 atom stereocenters. The third-order valence-electron chi connectivity index (χ3n) is 4.13. The van der Waals surface area contributed by atoms with Crippen LogP contribution in [0.15, 0.2) is 72.9 Å². The number of nitrogens with zero attached hydrogens (tertiary/aromatic N) is 3. The van der Waals surface area contributed by atoms with E-state index >= 15 is 0 Å². The summed E-state index contributed by atoms with van der Waals surface area (Å²) in [6, 6.07) is 21.2. The van der Waals surface area contributed by atoms with Crippen molar-refractivity contribution in [2.45, 2.75) is 6.92 Å². The SMILES string of the molecule is Cc1cnnn1-c1ccc(C(=O)Nc2cccc3ccccc23)cc1. The number of hydrogen-bond acceptors (Lipinski definition) is 3. The first kappa shape index (κ1) is 15.1. The van der Waals surface area contributed by atoms with Gasteiger partial charge >= 0.3 is 0 Å². The average molecular weight is 328 g/mol. The summed E-state index contributed by atoms with van der Waals surface area (Å²) >= 11 is 0. The van der Waals surface area contributed by atoms with E-state index < -0.39 is 0 Å². The zero-order chi connectivity index (χ0) is 17.2. The summed E-state index contributed by atoms with van der Waals surface area (Å²) in [5.74, 6) is -0.141. The summed E-state index contributed by atoms with van der Waals surface area (Å²) in [7, 11) is 0. The molecule has 0 aliphatic rings. The Kier molecular flexibility index (Phi) is 3.74. The van der Waals surface area contributed by atoms with Crippen molar-refractivity contribution in [3.05, 3.63) is 84.2 Å². The number of aryl methyl sites for hydroxylation is 1. The molecule has 0 aliphatic carbocycles. The molecule has 5 nitrogen and oxygen atoms in total. The second-order valence-electron chi connectivity index (χ2n) is 5.81. The van der Waals surface area contributed by atoms with Crippen LogP contribution in [0, 0.1) is 6.92 Å². The van der Waals surface area contributed by atoms with Gasteiger partial charge < -0.3 is 5.32 Å². The number of benzene rings is 3. The minimum Gasteiger partial charge on any atom is -0.321 e. The Morgan fingerprint density at radius 2 is 1.72 bits per heavy atom. The summed E-state index contributed by atoms with van der Waals surface area (Å²) in [6.07, 6.45) is 1.70. The van der Waals surface area contributed by atoms with Gasteiger partial charge in [0.1, 0.15) is 0 Å². The Morgan fingerprint density at radius 1 is 0.960 bits per heavy atom. The van der Waals surface area contributed by atoms with Crippen LogP contribution < -0.4 is 5.32 Å². The van der Waals surface area contributed by atoms with Crippen molar-refractivity contribution in [2.24, 2.45) is 0 Å². The number of rotatable bonds is 3. The summed E-state index contributed by atoms with van der Waals surface area (Å²) in [4.78, 5) is 12.6. The molecular weight excluding hydrogens is 312 g/mol. The third kappa shape index (κ3) is 2.87. The van der Waals surface area contributed by atoms with Crippen molar-refractivity contribution in [1.82, 2.24) is 15.0 Å². The summed E-state index contributed by atoms with van der Waals surface area (Å²) in [5, 5.41) is 13.0. The molecule has 4 rings (SSSR count). The van der Waals surface area contributed by atoms with E-state index in [0.717, 1.165) is 27.8 Å². The first-order chi connectivity index (χ1) is 12.2. The van der Waals surface area contributed by atoms with E-state index in [-0.39, 0.29) is 5.91 Å². The minimum absolute atomic E-state index is 0.141. The van der Waals surface area contributed by atoms with Crippen molar-refractivity contribution >= 4 is 22.4 Å². The number of anilines is 1. The molecule has 1 aromatic heterocycles.